The molecular formula is C15H23NOS. The number of rotatable bonds is 4. The molecule has 1 fully saturated rings. The summed E-state index contributed by atoms with van der Waals surface area (Å²) in [6.45, 7) is 2.78. The van der Waals surface area contributed by atoms with Gasteiger partial charge in [0.25, 0.3) is 0 Å². The van der Waals surface area contributed by atoms with Gasteiger partial charge in [-0.1, -0.05) is 37.1 Å². The smallest absolute Gasteiger partial charge is 0.0491 e. The van der Waals surface area contributed by atoms with Crippen molar-refractivity contribution < 1.29 is 4.21 Å². The van der Waals surface area contributed by atoms with Gasteiger partial charge in [-0.3, -0.25) is 4.21 Å². The normalized spacial score (nSPS) is 25.9. The Kier molecular flexibility index (Phi) is 4.95. The highest BCUT2D eigenvalue weighted by Crippen LogP contribution is 2.29. The second-order valence-corrected chi connectivity index (χ2v) is 6.93. The van der Waals surface area contributed by atoms with Crippen molar-refractivity contribution in [2.75, 3.05) is 6.54 Å². The maximum absolute atomic E-state index is 12.5. The maximum atomic E-state index is 12.5. The molecule has 1 saturated carbocycles. The van der Waals surface area contributed by atoms with Crippen molar-refractivity contribution in [1.82, 2.24) is 0 Å². The average molecular weight is 265 g/mol. The summed E-state index contributed by atoms with van der Waals surface area (Å²) in [6.07, 6.45) is 4.70. The van der Waals surface area contributed by atoms with Crippen LogP contribution in [0.4, 0.5) is 0 Å². The molecule has 0 amide bonds. The fraction of sp³-hybridized carbons (Fsp3) is 0.600. The third kappa shape index (κ3) is 3.21. The summed E-state index contributed by atoms with van der Waals surface area (Å²) in [4.78, 5) is 0. The van der Waals surface area contributed by atoms with Gasteiger partial charge >= 0.3 is 0 Å². The molecule has 3 unspecified atom stereocenters. The summed E-state index contributed by atoms with van der Waals surface area (Å²) in [5.74, 6) is 1.15. The van der Waals surface area contributed by atoms with Crippen LogP contribution in [0.25, 0.3) is 0 Å². The van der Waals surface area contributed by atoms with Crippen molar-refractivity contribution in [2.24, 2.45) is 11.7 Å². The molecule has 18 heavy (non-hydrogen) atoms. The molecule has 2 rings (SSSR count). The summed E-state index contributed by atoms with van der Waals surface area (Å²) in [7, 11) is -0.778. The highest BCUT2D eigenvalue weighted by Gasteiger charge is 2.28. The second-order valence-electron chi connectivity index (χ2n) is 5.27. The highest BCUT2D eigenvalue weighted by atomic mass is 32.2. The minimum absolute atomic E-state index is 0.309. The lowest BCUT2D eigenvalue weighted by atomic mass is 9.89. The lowest BCUT2D eigenvalue weighted by molar-refractivity contribution is 0.372. The van der Waals surface area contributed by atoms with E-state index in [9.17, 15) is 4.21 Å². The van der Waals surface area contributed by atoms with Crippen molar-refractivity contribution in [3.63, 3.8) is 0 Å². The predicted molar refractivity (Wildman–Crippen MR) is 77.8 cm³/mol. The summed E-state index contributed by atoms with van der Waals surface area (Å²) in [5, 5.41) is 0.309. The minimum Gasteiger partial charge on any atom is -0.330 e. The zero-order valence-electron chi connectivity index (χ0n) is 11.1. The second kappa shape index (κ2) is 6.48. The van der Waals surface area contributed by atoms with Crippen LogP contribution in [-0.2, 0) is 16.6 Å². The van der Waals surface area contributed by atoms with Crippen LogP contribution in [-0.4, -0.2) is 16.0 Å². The molecule has 1 aromatic carbocycles. The molecule has 100 valence electrons. The van der Waals surface area contributed by atoms with Gasteiger partial charge in [0.05, 0.1) is 0 Å². The first-order valence-corrected chi connectivity index (χ1v) is 8.22. The quantitative estimate of drug-likeness (QED) is 0.909. The topological polar surface area (TPSA) is 43.1 Å². The fourth-order valence-corrected chi connectivity index (χ4v) is 4.77. The molecule has 0 spiro atoms. The van der Waals surface area contributed by atoms with Crippen molar-refractivity contribution in [3.8, 4) is 0 Å². The Morgan fingerprint density at radius 2 is 2.00 bits per heavy atom. The van der Waals surface area contributed by atoms with E-state index in [0.717, 1.165) is 12.8 Å². The van der Waals surface area contributed by atoms with Crippen LogP contribution >= 0.6 is 0 Å². The lowest BCUT2D eigenvalue weighted by Gasteiger charge is -2.30. The van der Waals surface area contributed by atoms with Gasteiger partial charge in [0.15, 0.2) is 0 Å². The molecule has 1 aliphatic rings. The Hall–Kier alpha value is -0.670. The third-order valence-corrected chi connectivity index (χ3v) is 5.93. The number of nitrogens with two attached hydrogens (primary N) is 1. The zero-order chi connectivity index (χ0) is 13.0. The zero-order valence-corrected chi connectivity index (χ0v) is 11.9. The van der Waals surface area contributed by atoms with E-state index in [-0.39, 0.29) is 0 Å². The lowest BCUT2D eigenvalue weighted by Crippen LogP contribution is -2.34. The molecule has 2 N–H and O–H groups in total. The van der Waals surface area contributed by atoms with Gasteiger partial charge in [-0.25, -0.2) is 0 Å². The molecule has 0 aliphatic heterocycles. The SMILES string of the molecule is Cc1ccccc1CS(=O)C1CCCCC1CN. The molecule has 2 nitrogen and oxygen atoms in total. The first-order chi connectivity index (χ1) is 8.72. The van der Waals surface area contributed by atoms with E-state index in [1.165, 1.54) is 24.0 Å². The Morgan fingerprint density at radius 1 is 1.28 bits per heavy atom. The summed E-state index contributed by atoms with van der Waals surface area (Å²) in [5.41, 5.74) is 8.28. The van der Waals surface area contributed by atoms with Gasteiger partial charge < -0.3 is 5.73 Å². The van der Waals surface area contributed by atoms with Crippen molar-refractivity contribution in [3.05, 3.63) is 35.4 Å². The van der Waals surface area contributed by atoms with Crippen molar-refractivity contribution in [1.29, 1.82) is 0 Å². The number of hydrogen-bond acceptors (Lipinski definition) is 2. The molecule has 0 saturated heterocycles. The number of aryl methyl sites for hydroxylation is 1. The molecule has 3 atom stereocenters. The van der Waals surface area contributed by atoms with E-state index in [4.69, 9.17) is 5.73 Å². The molecule has 1 aromatic rings. The van der Waals surface area contributed by atoms with Gasteiger partial charge in [-0.05, 0) is 43.4 Å². The molecule has 0 heterocycles. The largest absolute Gasteiger partial charge is 0.330 e. The van der Waals surface area contributed by atoms with Gasteiger partial charge in [0.1, 0.15) is 0 Å². The Labute approximate surface area is 112 Å². The van der Waals surface area contributed by atoms with Gasteiger partial charge in [-0.2, -0.15) is 0 Å². The number of hydrogen-bond donors (Lipinski definition) is 1. The van der Waals surface area contributed by atoms with Crippen LogP contribution in [0.15, 0.2) is 24.3 Å². The van der Waals surface area contributed by atoms with Crippen LogP contribution in [0, 0.1) is 12.8 Å². The summed E-state index contributed by atoms with van der Waals surface area (Å²) >= 11 is 0. The number of benzene rings is 1. The van der Waals surface area contributed by atoms with Gasteiger partial charge in [0.2, 0.25) is 0 Å². The molecule has 0 radical (unpaired) electrons. The Morgan fingerprint density at radius 3 is 2.72 bits per heavy atom. The molecular weight excluding hydrogens is 242 g/mol. The minimum atomic E-state index is -0.778. The summed E-state index contributed by atoms with van der Waals surface area (Å²) < 4.78 is 12.5. The average Bonchev–Trinajstić information content (AvgIpc) is 2.41. The van der Waals surface area contributed by atoms with E-state index in [0.29, 0.717) is 23.5 Å². The van der Waals surface area contributed by atoms with Crippen LogP contribution in [0.3, 0.4) is 0 Å². The van der Waals surface area contributed by atoms with Crippen molar-refractivity contribution >= 4 is 10.8 Å². The van der Waals surface area contributed by atoms with Crippen molar-refractivity contribution in [2.45, 2.75) is 43.6 Å². The van der Waals surface area contributed by atoms with Crippen LogP contribution in [0.2, 0.25) is 0 Å². The first kappa shape index (κ1) is 13.8. The monoisotopic (exact) mass is 265 g/mol. The van der Waals surface area contributed by atoms with Crippen LogP contribution in [0.5, 0.6) is 0 Å². The molecule has 3 heteroatoms. The first-order valence-electron chi connectivity index (χ1n) is 6.84. The van der Waals surface area contributed by atoms with Gasteiger partial charge in [-0.15, -0.1) is 0 Å². The van der Waals surface area contributed by atoms with E-state index >= 15 is 0 Å². The van der Waals surface area contributed by atoms with E-state index in [1.54, 1.807) is 0 Å². The van der Waals surface area contributed by atoms with Crippen LogP contribution in [0.1, 0.15) is 36.8 Å². The highest BCUT2D eigenvalue weighted by molar-refractivity contribution is 7.84. The molecule has 0 aromatic heterocycles. The van der Waals surface area contributed by atoms with E-state index in [2.05, 4.69) is 19.1 Å². The molecule has 0 bridgehead atoms. The van der Waals surface area contributed by atoms with Gasteiger partial charge in [0, 0.05) is 21.8 Å². The molecule has 1 aliphatic carbocycles. The van der Waals surface area contributed by atoms with E-state index in [1.807, 2.05) is 12.1 Å². The Balaban J connectivity index is 2.05. The summed E-state index contributed by atoms with van der Waals surface area (Å²) in [6, 6.07) is 8.24. The predicted octanol–water partition coefficient (Wildman–Crippen LogP) is 2.76. The third-order valence-electron chi connectivity index (χ3n) is 4.04. The fourth-order valence-electron chi connectivity index (χ4n) is 2.82. The standard InChI is InChI=1S/C15H23NOS/c1-12-6-2-3-8-14(12)11-18(17)15-9-5-4-7-13(15)10-16/h2-3,6,8,13,15H,4-5,7,9-11,16H2,1H3. The van der Waals surface area contributed by atoms with Crippen LogP contribution < -0.4 is 5.73 Å². The maximum Gasteiger partial charge on any atom is 0.0491 e. The Bertz CT molecular complexity index is 419. The van der Waals surface area contributed by atoms with E-state index < -0.39 is 10.8 Å².